The maximum absolute atomic E-state index is 6.01. The molecule has 1 fully saturated rings. The monoisotopic (exact) mass is 472 g/mol. The predicted octanol–water partition coefficient (Wildman–Crippen LogP) is 2.90. The Morgan fingerprint density at radius 1 is 1.27 bits per heavy atom. The number of aliphatic imine (C=N–C) groups is 1. The maximum atomic E-state index is 6.01. The van der Waals surface area contributed by atoms with Crippen LogP contribution in [0.25, 0.3) is 0 Å². The Kier molecular flexibility index (Phi) is 8.98. The van der Waals surface area contributed by atoms with E-state index in [0.717, 1.165) is 44.3 Å². The van der Waals surface area contributed by atoms with Crippen LogP contribution in [0.3, 0.4) is 0 Å². The summed E-state index contributed by atoms with van der Waals surface area (Å²) in [5.41, 5.74) is 1.30. The molecule has 1 aromatic rings. The molecule has 0 aromatic heterocycles. The van der Waals surface area contributed by atoms with Crippen molar-refractivity contribution in [3.05, 3.63) is 29.8 Å². The van der Waals surface area contributed by atoms with E-state index in [1.165, 1.54) is 31.5 Å². The van der Waals surface area contributed by atoms with Crippen LogP contribution < -0.4 is 15.4 Å². The van der Waals surface area contributed by atoms with Gasteiger partial charge in [-0.2, -0.15) is 0 Å². The lowest BCUT2D eigenvalue weighted by Crippen LogP contribution is -2.43. The lowest BCUT2D eigenvalue weighted by atomic mass is 9.98. The van der Waals surface area contributed by atoms with Gasteiger partial charge in [-0.1, -0.05) is 25.1 Å². The number of piperidine rings is 1. The van der Waals surface area contributed by atoms with Crippen LogP contribution in [0.2, 0.25) is 0 Å². The van der Waals surface area contributed by atoms with Crippen LogP contribution in [0.15, 0.2) is 29.3 Å². The molecule has 1 aromatic carbocycles. The summed E-state index contributed by atoms with van der Waals surface area (Å²) in [5, 5.41) is 6.82. The summed E-state index contributed by atoms with van der Waals surface area (Å²) in [7, 11) is 0. The van der Waals surface area contributed by atoms with E-state index >= 15 is 0 Å². The number of para-hydroxylation sites is 1. The lowest BCUT2D eigenvalue weighted by Gasteiger charge is -2.31. The Labute approximate surface area is 175 Å². The third-order valence-corrected chi connectivity index (χ3v) is 5.11. The number of hydrogen-bond donors (Lipinski definition) is 2. The smallest absolute Gasteiger partial charge is 0.191 e. The van der Waals surface area contributed by atoms with Gasteiger partial charge in [0, 0.05) is 26.1 Å². The second-order valence-corrected chi connectivity index (χ2v) is 7.05. The Balaban J connectivity index is 0.00000243. The fraction of sp³-hybridized carbons (Fsp3) is 0.650. The number of fused-ring (bicyclic) bond motifs is 1. The van der Waals surface area contributed by atoms with Crippen molar-refractivity contribution < 1.29 is 4.74 Å². The van der Waals surface area contributed by atoms with Crippen molar-refractivity contribution in [3.8, 4) is 5.75 Å². The molecular weight excluding hydrogens is 439 g/mol. The minimum absolute atomic E-state index is 0. The molecule has 0 spiro atoms. The Bertz CT molecular complexity index is 556. The molecule has 3 rings (SSSR count). The Hall–Kier alpha value is -1.02. The van der Waals surface area contributed by atoms with E-state index in [1.54, 1.807) is 0 Å². The van der Waals surface area contributed by atoms with E-state index in [0.29, 0.717) is 5.92 Å². The highest BCUT2D eigenvalue weighted by Gasteiger charge is 2.22. The second kappa shape index (κ2) is 11.0. The van der Waals surface area contributed by atoms with Crippen LogP contribution in [-0.2, 0) is 6.42 Å². The van der Waals surface area contributed by atoms with E-state index in [1.807, 2.05) is 6.07 Å². The lowest BCUT2D eigenvalue weighted by molar-refractivity contribution is 0.186. The highest BCUT2D eigenvalue weighted by Crippen LogP contribution is 2.27. The van der Waals surface area contributed by atoms with Crippen LogP contribution in [0.1, 0.15) is 32.3 Å². The van der Waals surface area contributed by atoms with Crippen molar-refractivity contribution in [3.63, 3.8) is 0 Å². The largest absolute Gasteiger partial charge is 0.488 e. The van der Waals surface area contributed by atoms with Crippen LogP contribution in [0, 0.1) is 5.92 Å². The van der Waals surface area contributed by atoms with Crippen molar-refractivity contribution in [2.24, 2.45) is 10.9 Å². The van der Waals surface area contributed by atoms with Gasteiger partial charge in [0.1, 0.15) is 11.9 Å². The molecule has 1 saturated heterocycles. The van der Waals surface area contributed by atoms with Gasteiger partial charge in [-0.3, -0.25) is 4.99 Å². The predicted molar refractivity (Wildman–Crippen MR) is 119 cm³/mol. The summed E-state index contributed by atoms with van der Waals surface area (Å²) in [5.74, 6) is 2.62. The number of hydrogen-bond acceptors (Lipinski definition) is 3. The van der Waals surface area contributed by atoms with Gasteiger partial charge in [-0.25, -0.2) is 0 Å². The normalized spacial score (nSPS) is 22.9. The van der Waals surface area contributed by atoms with E-state index in [-0.39, 0.29) is 30.1 Å². The van der Waals surface area contributed by atoms with Crippen molar-refractivity contribution >= 4 is 29.9 Å². The first-order valence-corrected chi connectivity index (χ1v) is 9.77. The molecular formula is C20H33IN4O. The van der Waals surface area contributed by atoms with Crippen LogP contribution in [-0.4, -0.2) is 56.2 Å². The molecule has 2 atom stereocenters. The molecule has 2 aliphatic rings. The highest BCUT2D eigenvalue weighted by atomic mass is 127. The molecule has 0 bridgehead atoms. The molecule has 6 heteroatoms. The van der Waals surface area contributed by atoms with Crippen molar-refractivity contribution in [2.75, 3.05) is 39.3 Å². The number of nitrogens with zero attached hydrogens (tertiary/aromatic N) is 2. The topological polar surface area (TPSA) is 48.9 Å². The molecule has 0 radical (unpaired) electrons. The minimum Gasteiger partial charge on any atom is -0.488 e. The van der Waals surface area contributed by atoms with Gasteiger partial charge in [0.25, 0.3) is 0 Å². The van der Waals surface area contributed by atoms with Crippen molar-refractivity contribution in [2.45, 2.75) is 39.2 Å². The molecule has 2 heterocycles. The number of benzene rings is 1. The number of ether oxygens (including phenoxy) is 1. The number of nitrogens with one attached hydrogen (secondary N) is 2. The van der Waals surface area contributed by atoms with Gasteiger partial charge in [0.15, 0.2) is 5.96 Å². The summed E-state index contributed by atoms with van der Waals surface area (Å²) >= 11 is 0. The summed E-state index contributed by atoms with van der Waals surface area (Å²) < 4.78 is 6.01. The molecule has 146 valence electrons. The Morgan fingerprint density at radius 2 is 2.12 bits per heavy atom. The molecule has 0 aliphatic carbocycles. The maximum Gasteiger partial charge on any atom is 0.191 e. The van der Waals surface area contributed by atoms with Crippen LogP contribution in [0.4, 0.5) is 0 Å². The average molecular weight is 472 g/mol. The van der Waals surface area contributed by atoms with Gasteiger partial charge < -0.3 is 20.3 Å². The molecule has 2 aliphatic heterocycles. The molecule has 0 saturated carbocycles. The Morgan fingerprint density at radius 3 is 2.88 bits per heavy atom. The van der Waals surface area contributed by atoms with E-state index in [9.17, 15) is 0 Å². The summed E-state index contributed by atoms with van der Waals surface area (Å²) in [6.45, 7) is 10.5. The van der Waals surface area contributed by atoms with Gasteiger partial charge in [0.2, 0.25) is 0 Å². The molecule has 2 unspecified atom stereocenters. The number of rotatable bonds is 6. The fourth-order valence-electron chi connectivity index (χ4n) is 3.73. The quantitative estimate of drug-likeness (QED) is 0.380. The fourth-order valence-corrected chi connectivity index (χ4v) is 3.73. The summed E-state index contributed by atoms with van der Waals surface area (Å²) in [4.78, 5) is 7.36. The first-order chi connectivity index (χ1) is 12.3. The minimum atomic E-state index is 0. The van der Waals surface area contributed by atoms with Crippen molar-refractivity contribution in [1.29, 1.82) is 0 Å². The number of guanidine groups is 1. The summed E-state index contributed by atoms with van der Waals surface area (Å²) in [6.07, 6.45) is 3.75. The zero-order valence-electron chi connectivity index (χ0n) is 16.0. The first-order valence-electron chi connectivity index (χ1n) is 9.77. The molecule has 0 amide bonds. The van der Waals surface area contributed by atoms with Crippen molar-refractivity contribution in [1.82, 2.24) is 15.5 Å². The first kappa shape index (κ1) is 21.3. The zero-order chi connectivity index (χ0) is 17.5. The average Bonchev–Trinajstić information content (AvgIpc) is 3.07. The van der Waals surface area contributed by atoms with Gasteiger partial charge >= 0.3 is 0 Å². The molecule has 5 nitrogen and oxygen atoms in total. The zero-order valence-corrected chi connectivity index (χ0v) is 18.4. The van der Waals surface area contributed by atoms with Gasteiger partial charge in [-0.05, 0) is 50.4 Å². The number of halogens is 1. The second-order valence-electron chi connectivity index (χ2n) is 7.05. The molecule has 26 heavy (non-hydrogen) atoms. The third-order valence-electron chi connectivity index (χ3n) is 5.11. The van der Waals surface area contributed by atoms with E-state index in [4.69, 9.17) is 9.73 Å². The third kappa shape index (κ3) is 6.01. The highest BCUT2D eigenvalue weighted by molar-refractivity contribution is 14.0. The van der Waals surface area contributed by atoms with E-state index in [2.05, 4.69) is 47.6 Å². The van der Waals surface area contributed by atoms with Crippen LogP contribution >= 0.6 is 24.0 Å². The number of likely N-dealkylation sites (tertiary alicyclic amines) is 1. The van der Waals surface area contributed by atoms with E-state index < -0.39 is 0 Å². The molecule has 2 N–H and O–H groups in total. The van der Waals surface area contributed by atoms with Crippen LogP contribution in [0.5, 0.6) is 5.75 Å². The SMILES string of the molecule is CCNC(=NCC1CCCN(CC)C1)NCC1Cc2ccccc2O1.I. The summed E-state index contributed by atoms with van der Waals surface area (Å²) in [6, 6.07) is 8.31. The van der Waals surface area contributed by atoms with Gasteiger partial charge in [0.05, 0.1) is 6.54 Å². The van der Waals surface area contributed by atoms with Gasteiger partial charge in [-0.15, -0.1) is 24.0 Å². The standard InChI is InChI=1S/C20H32N4O.HI/c1-3-21-20(22-13-16-8-7-11-24(4-2)15-16)23-14-18-12-17-9-5-6-10-19(17)25-18;/h5-6,9-10,16,18H,3-4,7-8,11-15H2,1-2H3,(H2,21,22,23);1H.